The average molecular weight is 313 g/mol. The van der Waals surface area contributed by atoms with E-state index < -0.39 is 0 Å². The van der Waals surface area contributed by atoms with Crippen LogP contribution in [0.1, 0.15) is 12.5 Å². The van der Waals surface area contributed by atoms with Gasteiger partial charge >= 0.3 is 0 Å². The summed E-state index contributed by atoms with van der Waals surface area (Å²) in [4.78, 5) is 11.8. The molecule has 1 heterocycles. The van der Waals surface area contributed by atoms with Crippen molar-refractivity contribution in [3.63, 3.8) is 0 Å². The lowest BCUT2D eigenvalue weighted by molar-refractivity contribution is -0.124. The summed E-state index contributed by atoms with van der Waals surface area (Å²) in [5, 5.41) is 9.51. The first-order chi connectivity index (χ1) is 9.22. The van der Waals surface area contributed by atoms with E-state index in [-0.39, 0.29) is 24.2 Å². The van der Waals surface area contributed by atoms with Gasteiger partial charge in [0.05, 0.1) is 0 Å². The summed E-state index contributed by atoms with van der Waals surface area (Å²) < 4.78 is 1.31. The molecule has 0 saturated carbocycles. The Labute approximate surface area is 130 Å². The fraction of sp³-hybridized carbons (Fsp3) is 0.400. The number of hydrogen-bond acceptors (Lipinski definition) is 3. The molecule has 2 N–H and O–H groups in total. The maximum atomic E-state index is 11.8. The van der Waals surface area contributed by atoms with Crippen LogP contribution in [0.5, 0.6) is 0 Å². The van der Waals surface area contributed by atoms with Gasteiger partial charge in [-0.1, -0.05) is 25.1 Å². The molecule has 3 nitrogen and oxygen atoms in total. The van der Waals surface area contributed by atoms with E-state index in [4.69, 9.17) is 0 Å². The van der Waals surface area contributed by atoms with Crippen LogP contribution in [0.2, 0.25) is 0 Å². The van der Waals surface area contributed by atoms with Crippen molar-refractivity contribution in [2.45, 2.75) is 13.3 Å². The molecule has 0 spiro atoms. The smallest absolute Gasteiger partial charge is 0.224 e. The summed E-state index contributed by atoms with van der Waals surface area (Å²) >= 11 is 1.76. The highest BCUT2D eigenvalue weighted by molar-refractivity contribution is 7.17. The van der Waals surface area contributed by atoms with Gasteiger partial charge in [-0.3, -0.25) is 4.79 Å². The van der Waals surface area contributed by atoms with E-state index >= 15 is 0 Å². The topological polar surface area (TPSA) is 41.1 Å². The zero-order valence-electron chi connectivity index (χ0n) is 11.8. The molecule has 0 aliphatic heterocycles. The molecule has 0 aliphatic rings. The fourth-order valence-electron chi connectivity index (χ4n) is 2.12. The number of halogens is 1. The molecular weight excluding hydrogens is 292 g/mol. The molecule has 0 bridgehead atoms. The predicted molar refractivity (Wildman–Crippen MR) is 88.9 cm³/mol. The summed E-state index contributed by atoms with van der Waals surface area (Å²) in [7, 11) is 1.86. The quantitative estimate of drug-likeness (QED) is 0.861. The Balaban J connectivity index is 0.00000200. The normalized spacial score (nSPS) is 11.9. The van der Waals surface area contributed by atoms with Gasteiger partial charge in [0.25, 0.3) is 0 Å². The Morgan fingerprint density at radius 2 is 2.10 bits per heavy atom. The first kappa shape index (κ1) is 17.0. The Bertz CT molecular complexity index is 556. The molecule has 1 unspecified atom stereocenters. The molecule has 2 aromatic rings. The van der Waals surface area contributed by atoms with Crippen LogP contribution in [-0.2, 0) is 11.2 Å². The highest BCUT2D eigenvalue weighted by Crippen LogP contribution is 2.25. The van der Waals surface area contributed by atoms with E-state index in [0.29, 0.717) is 13.1 Å². The first-order valence-electron chi connectivity index (χ1n) is 6.59. The summed E-state index contributed by atoms with van der Waals surface area (Å²) in [5.74, 6) is 0.137. The zero-order valence-corrected chi connectivity index (χ0v) is 13.4. The van der Waals surface area contributed by atoms with Crippen LogP contribution in [0.4, 0.5) is 0 Å². The molecule has 1 atom stereocenters. The fourth-order valence-corrected chi connectivity index (χ4v) is 3.12. The summed E-state index contributed by atoms with van der Waals surface area (Å²) in [6.45, 7) is 3.35. The standard InChI is InChI=1S/C15H20N2OS.ClH/c1-11(9-16-2)15(18)17-8-7-12-10-19-14-6-4-3-5-13(12)14;/h3-6,10-11,16H,7-9H2,1-2H3,(H,17,18);1H. The SMILES string of the molecule is CNCC(C)C(=O)NCCc1csc2ccccc12.Cl. The third-order valence-corrected chi connectivity index (χ3v) is 4.22. The van der Waals surface area contributed by atoms with Crippen molar-refractivity contribution in [2.75, 3.05) is 20.1 Å². The summed E-state index contributed by atoms with van der Waals surface area (Å²) in [6, 6.07) is 8.40. The van der Waals surface area contributed by atoms with Crippen molar-refractivity contribution in [1.82, 2.24) is 10.6 Å². The van der Waals surface area contributed by atoms with Crippen LogP contribution >= 0.6 is 23.7 Å². The predicted octanol–water partition coefficient (Wildman–Crippen LogP) is 2.84. The Morgan fingerprint density at radius 1 is 1.35 bits per heavy atom. The van der Waals surface area contributed by atoms with E-state index in [1.807, 2.05) is 14.0 Å². The minimum atomic E-state index is 0. The van der Waals surface area contributed by atoms with E-state index in [1.165, 1.54) is 15.6 Å². The van der Waals surface area contributed by atoms with E-state index in [9.17, 15) is 4.79 Å². The molecule has 1 aromatic carbocycles. The first-order valence-corrected chi connectivity index (χ1v) is 7.47. The molecule has 2 rings (SSSR count). The molecule has 0 fully saturated rings. The highest BCUT2D eigenvalue weighted by atomic mass is 35.5. The maximum Gasteiger partial charge on any atom is 0.224 e. The zero-order chi connectivity index (χ0) is 13.7. The molecular formula is C15H21ClN2OS. The van der Waals surface area contributed by atoms with E-state index in [1.54, 1.807) is 11.3 Å². The average Bonchev–Trinajstić information content (AvgIpc) is 2.82. The van der Waals surface area contributed by atoms with Gasteiger partial charge in [0, 0.05) is 23.7 Å². The number of benzene rings is 1. The number of amides is 1. The van der Waals surface area contributed by atoms with Crippen LogP contribution in [0.3, 0.4) is 0 Å². The minimum absolute atomic E-state index is 0. The lowest BCUT2D eigenvalue weighted by atomic mass is 10.1. The molecule has 0 aliphatic carbocycles. The molecule has 5 heteroatoms. The van der Waals surface area contributed by atoms with Gasteiger partial charge in [-0.15, -0.1) is 23.7 Å². The van der Waals surface area contributed by atoms with Gasteiger partial charge in [-0.05, 0) is 35.9 Å². The van der Waals surface area contributed by atoms with Crippen molar-refractivity contribution in [3.8, 4) is 0 Å². The van der Waals surface area contributed by atoms with Crippen molar-refractivity contribution in [1.29, 1.82) is 0 Å². The highest BCUT2D eigenvalue weighted by Gasteiger charge is 2.11. The van der Waals surface area contributed by atoms with Crippen molar-refractivity contribution in [3.05, 3.63) is 35.2 Å². The molecule has 0 saturated heterocycles. The number of carbonyl (C=O) groups excluding carboxylic acids is 1. The van der Waals surface area contributed by atoms with Gasteiger partial charge in [0.1, 0.15) is 0 Å². The van der Waals surface area contributed by atoms with Crippen LogP contribution in [0.15, 0.2) is 29.6 Å². The Kier molecular flexibility index (Phi) is 6.99. The largest absolute Gasteiger partial charge is 0.355 e. The van der Waals surface area contributed by atoms with Gasteiger partial charge in [0.15, 0.2) is 0 Å². The third-order valence-electron chi connectivity index (χ3n) is 3.21. The monoisotopic (exact) mass is 312 g/mol. The van der Waals surface area contributed by atoms with Gasteiger partial charge < -0.3 is 10.6 Å². The molecule has 20 heavy (non-hydrogen) atoms. The number of thiophene rings is 1. The molecule has 0 radical (unpaired) electrons. The molecule has 110 valence electrons. The lowest BCUT2D eigenvalue weighted by Crippen LogP contribution is -2.35. The van der Waals surface area contributed by atoms with Gasteiger partial charge in [0.2, 0.25) is 5.91 Å². The number of carbonyl (C=O) groups is 1. The van der Waals surface area contributed by atoms with Crippen LogP contribution in [0.25, 0.3) is 10.1 Å². The van der Waals surface area contributed by atoms with E-state index in [2.05, 4.69) is 40.3 Å². The van der Waals surface area contributed by atoms with Crippen molar-refractivity contribution in [2.24, 2.45) is 5.92 Å². The second-order valence-corrected chi connectivity index (χ2v) is 5.67. The van der Waals surface area contributed by atoms with Crippen LogP contribution < -0.4 is 10.6 Å². The third kappa shape index (κ3) is 4.20. The number of rotatable bonds is 6. The second kappa shape index (κ2) is 8.25. The Morgan fingerprint density at radius 3 is 2.85 bits per heavy atom. The maximum absolute atomic E-state index is 11.8. The minimum Gasteiger partial charge on any atom is -0.355 e. The number of fused-ring (bicyclic) bond motifs is 1. The van der Waals surface area contributed by atoms with Gasteiger partial charge in [-0.25, -0.2) is 0 Å². The van der Waals surface area contributed by atoms with Crippen molar-refractivity contribution < 1.29 is 4.79 Å². The van der Waals surface area contributed by atoms with Gasteiger partial charge in [-0.2, -0.15) is 0 Å². The number of hydrogen-bond donors (Lipinski definition) is 2. The van der Waals surface area contributed by atoms with Crippen molar-refractivity contribution >= 4 is 39.7 Å². The second-order valence-electron chi connectivity index (χ2n) is 4.76. The van der Waals surface area contributed by atoms with E-state index in [0.717, 1.165) is 6.42 Å². The summed E-state index contributed by atoms with van der Waals surface area (Å²) in [6.07, 6.45) is 0.891. The number of nitrogens with one attached hydrogen (secondary N) is 2. The molecule has 1 aromatic heterocycles. The summed E-state index contributed by atoms with van der Waals surface area (Å²) in [5.41, 5.74) is 1.32. The van der Waals surface area contributed by atoms with Crippen LogP contribution in [0, 0.1) is 5.92 Å². The lowest BCUT2D eigenvalue weighted by Gasteiger charge is -2.11. The van der Waals surface area contributed by atoms with Crippen LogP contribution in [-0.4, -0.2) is 26.0 Å². The Hall–Kier alpha value is -1.10. The molecule has 1 amide bonds.